The van der Waals surface area contributed by atoms with Gasteiger partial charge in [-0.2, -0.15) is 0 Å². The Labute approximate surface area is 105 Å². The Balaban J connectivity index is 2.37. The molecule has 0 saturated heterocycles. The molecule has 0 unspecified atom stereocenters. The molecule has 2 heterocycles. The molecular weight excluding hydrogens is 282 g/mol. The van der Waals surface area contributed by atoms with Crippen molar-refractivity contribution < 1.29 is 22.7 Å². The smallest absolute Gasteiger partial charge is 0.347 e. The van der Waals surface area contributed by atoms with Gasteiger partial charge in [0.05, 0.1) is 0 Å². The minimum absolute atomic E-state index is 0.191. The van der Waals surface area contributed by atoms with Gasteiger partial charge in [0, 0.05) is 6.92 Å². The summed E-state index contributed by atoms with van der Waals surface area (Å²) >= 11 is 0.815. The maximum absolute atomic E-state index is 11.9. The normalized spacial score (nSPS) is 11.4. The number of carboxylic acid groups (broad SMARTS) is 1. The van der Waals surface area contributed by atoms with Gasteiger partial charge in [-0.05, 0) is 11.4 Å². The number of hydrogen-bond acceptors (Lipinski definition) is 7. The number of carbonyl (C=O) groups is 1. The van der Waals surface area contributed by atoms with E-state index < -0.39 is 16.0 Å². The largest absolute Gasteiger partial charge is 0.477 e. The van der Waals surface area contributed by atoms with Gasteiger partial charge in [-0.1, -0.05) is 5.10 Å². The van der Waals surface area contributed by atoms with Gasteiger partial charge >= 0.3 is 12.0 Å². The van der Waals surface area contributed by atoms with Crippen molar-refractivity contribution >= 4 is 33.3 Å². The standard InChI is InChI=1S/C8H7N3O5S2/c1-4-9-10-8(16-4)11-18(14,15)5-2-3-17-6(5)7(12)13/h2-3H,1H3,(H,10,11)(H,12,13). The summed E-state index contributed by atoms with van der Waals surface area (Å²) in [6.45, 7) is 1.50. The lowest BCUT2D eigenvalue weighted by atomic mass is 10.5. The molecule has 96 valence electrons. The Morgan fingerprint density at radius 1 is 1.50 bits per heavy atom. The summed E-state index contributed by atoms with van der Waals surface area (Å²) in [4.78, 5) is 10.2. The van der Waals surface area contributed by atoms with E-state index in [4.69, 9.17) is 9.52 Å². The van der Waals surface area contributed by atoms with Gasteiger partial charge in [-0.3, -0.25) is 0 Å². The van der Waals surface area contributed by atoms with Crippen molar-refractivity contribution in [2.75, 3.05) is 4.72 Å². The van der Waals surface area contributed by atoms with E-state index in [9.17, 15) is 13.2 Å². The first kappa shape index (κ1) is 12.5. The van der Waals surface area contributed by atoms with E-state index in [-0.39, 0.29) is 21.7 Å². The van der Waals surface area contributed by atoms with Crippen LogP contribution in [0.5, 0.6) is 0 Å². The second kappa shape index (κ2) is 4.38. The fourth-order valence-corrected chi connectivity index (χ4v) is 3.36. The fourth-order valence-electron chi connectivity index (χ4n) is 1.17. The molecule has 10 heteroatoms. The van der Waals surface area contributed by atoms with E-state index in [1.54, 1.807) is 0 Å². The Morgan fingerprint density at radius 3 is 2.78 bits per heavy atom. The molecular formula is C8H7N3O5S2. The third-order valence-electron chi connectivity index (χ3n) is 1.86. The minimum Gasteiger partial charge on any atom is -0.477 e. The lowest BCUT2D eigenvalue weighted by Gasteiger charge is -2.02. The van der Waals surface area contributed by atoms with Crippen molar-refractivity contribution in [1.82, 2.24) is 10.2 Å². The van der Waals surface area contributed by atoms with Crippen molar-refractivity contribution in [2.24, 2.45) is 0 Å². The summed E-state index contributed by atoms with van der Waals surface area (Å²) in [5, 5.41) is 17.1. The Kier molecular flexibility index (Phi) is 3.05. The number of sulfonamides is 1. The van der Waals surface area contributed by atoms with E-state index in [0.717, 1.165) is 11.3 Å². The van der Waals surface area contributed by atoms with Crippen molar-refractivity contribution in [1.29, 1.82) is 0 Å². The average Bonchev–Trinajstić information content (AvgIpc) is 2.86. The van der Waals surface area contributed by atoms with E-state index >= 15 is 0 Å². The van der Waals surface area contributed by atoms with Gasteiger partial charge in [0.15, 0.2) is 0 Å². The molecule has 0 aliphatic heterocycles. The van der Waals surface area contributed by atoms with Gasteiger partial charge in [0.1, 0.15) is 9.77 Å². The molecule has 0 saturated carbocycles. The van der Waals surface area contributed by atoms with Crippen LogP contribution in [0, 0.1) is 6.92 Å². The van der Waals surface area contributed by atoms with Crippen LogP contribution in [0.1, 0.15) is 15.6 Å². The molecule has 2 aromatic heterocycles. The number of thiophene rings is 1. The van der Waals surface area contributed by atoms with Crippen molar-refractivity contribution in [3.63, 3.8) is 0 Å². The first-order valence-electron chi connectivity index (χ1n) is 4.54. The van der Waals surface area contributed by atoms with Crippen LogP contribution in [0.4, 0.5) is 6.01 Å². The SMILES string of the molecule is Cc1nnc(NS(=O)(=O)c2ccsc2C(=O)O)o1. The maximum Gasteiger partial charge on any atom is 0.347 e. The highest BCUT2D eigenvalue weighted by Crippen LogP contribution is 2.23. The van der Waals surface area contributed by atoms with Crippen molar-refractivity contribution in [3.05, 3.63) is 22.2 Å². The molecule has 0 aliphatic carbocycles. The molecule has 0 atom stereocenters. The van der Waals surface area contributed by atoms with E-state index in [1.807, 2.05) is 4.72 Å². The van der Waals surface area contributed by atoms with E-state index in [2.05, 4.69) is 10.2 Å². The monoisotopic (exact) mass is 289 g/mol. The van der Waals surface area contributed by atoms with Gasteiger partial charge in [-0.25, -0.2) is 17.9 Å². The molecule has 0 bridgehead atoms. The molecule has 2 rings (SSSR count). The highest BCUT2D eigenvalue weighted by molar-refractivity contribution is 7.93. The average molecular weight is 289 g/mol. The summed E-state index contributed by atoms with van der Waals surface area (Å²) in [6.07, 6.45) is 0. The molecule has 2 aromatic rings. The molecule has 8 nitrogen and oxygen atoms in total. The van der Waals surface area contributed by atoms with Crippen LogP contribution in [0.2, 0.25) is 0 Å². The van der Waals surface area contributed by atoms with Crippen LogP contribution in [-0.4, -0.2) is 29.7 Å². The molecule has 0 fully saturated rings. The quantitative estimate of drug-likeness (QED) is 0.858. The summed E-state index contributed by atoms with van der Waals surface area (Å²) in [7, 11) is -4.05. The van der Waals surface area contributed by atoms with Crippen LogP contribution in [0.3, 0.4) is 0 Å². The highest BCUT2D eigenvalue weighted by atomic mass is 32.2. The second-order valence-electron chi connectivity index (χ2n) is 3.15. The van der Waals surface area contributed by atoms with Crippen LogP contribution >= 0.6 is 11.3 Å². The number of aryl methyl sites for hydroxylation is 1. The maximum atomic E-state index is 11.9. The minimum atomic E-state index is -4.05. The van der Waals surface area contributed by atoms with Crippen molar-refractivity contribution in [3.8, 4) is 0 Å². The van der Waals surface area contributed by atoms with Crippen LogP contribution in [0.15, 0.2) is 20.8 Å². The molecule has 0 radical (unpaired) electrons. The molecule has 2 N–H and O–H groups in total. The third kappa shape index (κ3) is 2.33. The highest BCUT2D eigenvalue weighted by Gasteiger charge is 2.25. The molecule has 18 heavy (non-hydrogen) atoms. The number of rotatable bonds is 4. The summed E-state index contributed by atoms with van der Waals surface area (Å²) in [5.41, 5.74) is 0. The summed E-state index contributed by atoms with van der Waals surface area (Å²) in [5.74, 6) is -1.12. The summed E-state index contributed by atoms with van der Waals surface area (Å²) < 4.78 is 30.7. The number of carboxylic acids is 1. The number of nitrogens with one attached hydrogen (secondary N) is 1. The molecule has 0 aromatic carbocycles. The zero-order valence-corrected chi connectivity index (χ0v) is 10.6. The van der Waals surface area contributed by atoms with Crippen LogP contribution in [-0.2, 0) is 10.0 Å². The molecule has 0 spiro atoms. The number of aromatic nitrogens is 2. The van der Waals surface area contributed by atoms with Gasteiger partial charge < -0.3 is 9.52 Å². The fraction of sp³-hybridized carbons (Fsp3) is 0.125. The molecule has 0 aliphatic rings. The summed E-state index contributed by atoms with van der Waals surface area (Å²) in [6, 6.07) is 0.884. The Bertz CT molecular complexity index is 687. The van der Waals surface area contributed by atoms with E-state index in [0.29, 0.717) is 0 Å². The van der Waals surface area contributed by atoms with Crippen molar-refractivity contribution in [2.45, 2.75) is 11.8 Å². The van der Waals surface area contributed by atoms with Gasteiger partial charge in [-0.15, -0.1) is 16.4 Å². The first-order valence-corrected chi connectivity index (χ1v) is 6.90. The number of nitrogens with zero attached hydrogens (tertiary/aromatic N) is 2. The van der Waals surface area contributed by atoms with Gasteiger partial charge in [0.25, 0.3) is 10.0 Å². The predicted molar refractivity (Wildman–Crippen MR) is 61.1 cm³/mol. The van der Waals surface area contributed by atoms with E-state index in [1.165, 1.54) is 18.4 Å². The lowest BCUT2D eigenvalue weighted by Crippen LogP contribution is -2.15. The first-order chi connectivity index (χ1) is 8.40. The topological polar surface area (TPSA) is 122 Å². The van der Waals surface area contributed by atoms with Crippen LogP contribution < -0.4 is 4.72 Å². The van der Waals surface area contributed by atoms with Gasteiger partial charge in [0.2, 0.25) is 5.89 Å². The third-order valence-corrected chi connectivity index (χ3v) is 4.25. The zero-order valence-electron chi connectivity index (χ0n) is 8.95. The number of anilines is 1. The second-order valence-corrected chi connectivity index (χ2v) is 5.72. The predicted octanol–water partition coefficient (Wildman–Crippen LogP) is 0.939. The lowest BCUT2D eigenvalue weighted by molar-refractivity contribution is 0.0698. The zero-order chi connectivity index (χ0) is 13.3. The molecule has 0 amide bonds. The number of aromatic carboxylic acids is 1. The van der Waals surface area contributed by atoms with Crippen LogP contribution in [0.25, 0.3) is 0 Å². The Hall–Kier alpha value is -1.94. The Morgan fingerprint density at radius 2 is 2.22 bits per heavy atom. The number of hydrogen-bond donors (Lipinski definition) is 2.